The molecule has 3 aromatic carbocycles. The van der Waals surface area contributed by atoms with E-state index in [1.54, 1.807) is 24.3 Å². The number of anilines is 1. The lowest BCUT2D eigenvalue weighted by Gasteiger charge is -2.19. The number of phenolic OH excluding ortho intramolecular Hbond substituents is 1. The fraction of sp³-hybridized carbons (Fsp3) is 0.143. The summed E-state index contributed by atoms with van der Waals surface area (Å²) < 4.78 is 38.5. The third-order valence-electron chi connectivity index (χ3n) is 4.50. The highest BCUT2D eigenvalue weighted by Gasteiger charge is 2.20. The molecule has 4 rings (SSSR count). The summed E-state index contributed by atoms with van der Waals surface area (Å²) in [7, 11) is 0. The van der Waals surface area contributed by atoms with Crippen LogP contribution in [0.25, 0.3) is 11.1 Å². The van der Waals surface area contributed by atoms with Crippen LogP contribution in [0.3, 0.4) is 0 Å². The summed E-state index contributed by atoms with van der Waals surface area (Å²) in [6, 6.07) is 10.7. The van der Waals surface area contributed by atoms with E-state index >= 15 is 0 Å². The van der Waals surface area contributed by atoms with Crippen molar-refractivity contribution in [3.63, 3.8) is 0 Å². The molecule has 0 aliphatic carbocycles. The average Bonchev–Trinajstić information content (AvgIpc) is 2.66. The number of phenols is 1. The van der Waals surface area contributed by atoms with E-state index in [2.05, 4.69) is 20.7 Å². The maximum Gasteiger partial charge on any atom is 0.150 e. The van der Waals surface area contributed by atoms with Crippen LogP contribution >= 0.6 is 39.5 Å². The van der Waals surface area contributed by atoms with Crippen molar-refractivity contribution in [1.29, 1.82) is 0 Å². The van der Waals surface area contributed by atoms with Crippen LogP contribution in [0.4, 0.5) is 14.5 Å². The number of fused-ring (bicyclic) bond motifs is 6. The Balaban J connectivity index is 1.91. The molecule has 0 aromatic heterocycles. The smallest absolute Gasteiger partial charge is 0.150 e. The monoisotopic (exact) mass is 497 g/mol. The van der Waals surface area contributed by atoms with E-state index in [9.17, 15) is 13.9 Å². The number of hydrogen-bond donors (Lipinski definition) is 2. The van der Waals surface area contributed by atoms with Gasteiger partial charge in [-0.1, -0.05) is 11.6 Å². The molecular weight excluding hydrogens is 484 g/mol. The minimum Gasteiger partial charge on any atom is -0.506 e. The van der Waals surface area contributed by atoms with Crippen LogP contribution in [0.15, 0.2) is 51.8 Å². The summed E-state index contributed by atoms with van der Waals surface area (Å²) in [6.45, 7) is 1.90. The van der Waals surface area contributed by atoms with Gasteiger partial charge >= 0.3 is 0 Å². The maximum absolute atomic E-state index is 14.7. The summed E-state index contributed by atoms with van der Waals surface area (Å²) in [5.41, 5.74) is 1.59. The van der Waals surface area contributed by atoms with Crippen molar-refractivity contribution in [2.24, 2.45) is 0 Å². The first-order chi connectivity index (χ1) is 13.8. The molecule has 1 aliphatic rings. The molecule has 29 heavy (non-hydrogen) atoms. The SMILES string of the molecule is CC1Cc2cc(Br)c(O)c(c2)SNc2cc(c(F)cc2F)-c2cc(Cl)ccc2O1. The molecule has 0 amide bonds. The van der Waals surface area contributed by atoms with E-state index in [1.807, 2.05) is 13.0 Å². The summed E-state index contributed by atoms with van der Waals surface area (Å²) in [5, 5.41) is 10.8. The molecule has 0 saturated heterocycles. The van der Waals surface area contributed by atoms with Gasteiger partial charge in [0.15, 0.2) is 0 Å². The number of nitrogens with one attached hydrogen (secondary N) is 1. The van der Waals surface area contributed by atoms with Crippen LogP contribution in [-0.2, 0) is 6.42 Å². The van der Waals surface area contributed by atoms with Crippen molar-refractivity contribution < 1.29 is 18.6 Å². The predicted octanol–water partition coefficient (Wildman–Crippen LogP) is 7.20. The van der Waals surface area contributed by atoms with Crippen molar-refractivity contribution in [3.05, 3.63) is 69.2 Å². The van der Waals surface area contributed by atoms with Crippen LogP contribution < -0.4 is 9.46 Å². The van der Waals surface area contributed by atoms with Gasteiger partial charge in [-0.15, -0.1) is 0 Å². The third-order valence-corrected chi connectivity index (χ3v) is 6.19. The predicted molar refractivity (Wildman–Crippen MR) is 116 cm³/mol. The van der Waals surface area contributed by atoms with Crippen molar-refractivity contribution in [3.8, 4) is 22.6 Å². The molecule has 1 heterocycles. The third kappa shape index (κ3) is 4.17. The lowest BCUT2D eigenvalue weighted by Crippen LogP contribution is -2.15. The zero-order valence-corrected chi connectivity index (χ0v) is 18.3. The maximum atomic E-state index is 14.7. The molecule has 1 atom stereocenters. The first kappa shape index (κ1) is 20.3. The summed E-state index contributed by atoms with van der Waals surface area (Å²) >= 11 is 10.5. The normalized spacial score (nSPS) is 15.8. The van der Waals surface area contributed by atoms with Crippen LogP contribution in [0.1, 0.15) is 12.5 Å². The van der Waals surface area contributed by atoms with Gasteiger partial charge in [0, 0.05) is 28.6 Å². The zero-order chi connectivity index (χ0) is 20.7. The molecule has 2 N–H and O–H groups in total. The molecule has 0 radical (unpaired) electrons. The van der Waals surface area contributed by atoms with Crippen LogP contribution in [0, 0.1) is 11.6 Å². The van der Waals surface area contributed by atoms with Gasteiger partial charge in [0.1, 0.15) is 23.1 Å². The molecule has 3 nitrogen and oxygen atoms in total. The molecule has 0 fully saturated rings. The lowest BCUT2D eigenvalue weighted by molar-refractivity contribution is 0.223. The Morgan fingerprint density at radius 2 is 1.93 bits per heavy atom. The largest absolute Gasteiger partial charge is 0.506 e. The first-order valence-electron chi connectivity index (χ1n) is 8.71. The molecule has 3 aromatic rings. The lowest BCUT2D eigenvalue weighted by atomic mass is 10.0. The minimum atomic E-state index is -0.749. The number of hydrogen-bond acceptors (Lipinski definition) is 4. The molecule has 4 bridgehead atoms. The van der Waals surface area contributed by atoms with Gasteiger partial charge in [-0.2, -0.15) is 0 Å². The fourth-order valence-electron chi connectivity index (χ4n) is 3.17. The molecule has 1 aliphatic heterocycles. The standard InChI is InChI=1S/C21H15BrClF2NO2S/c1-10-4-11-5-15(22)21(27)20(6-11)29-26-18-8-13(16(24)9-17(18)25)14-7-12(23)2-3-19(14)28-10/h2-3,5-10,26-27H,4H2,1H3. The van der Waals surface area contributed by atoms with Gasteiger partial charge in [0.05, 0.1) is 21.2 Å². The second-order valence-corrected chi connectivity index (χ2v) is 8.85. The Morgan fingerprint density at radius 3 is 2.72 bits per heavy atom. The molecular formula is C21H15BrClF2NO2S. The highest BCUT2D eigenvalue weighted by atomic mass is 79.9. The van der Waals surface area contributed by atoms with Gasteiger partial charge in [-0.05, 0) is 76.8 Å². The molecule has 1 unspecified atom stereocenters. The number of halogens is 4. The van der Waals surface area contributed by atoms with Crippen molar-refractivity contribution in [1.82, 2.24) is 0 Å². The fourth-order valence-corrected chi connectivity index (χ4v) is 4.78. The van der Waals surface area contributed by atoms with E-state index in [0.717, 1.165) is 23.6 Å². The van der Waals surface area contributed by atoms with Gasteiger partial charge in [0.2, 0.25) is 0 Å². The Morgan fingerprint density at radius 1 is 1.14 bits per heavy atom. The number of ether oxygens (including phenoxy) is 1. The Labute approximate surface area is 184 Å². The highest BCUT2D eigenvalue weighted by Crippen LogP contribution is 2.41. The average molecular weight is 499 g/mol. The van der Waals surface area contributed by atoms with Crippen LogP contribution in [0.2, 0.25) is 5.02 Å². The summed E-state index contributed by atoms with van der Waals surface area (Å²) in [6.07, 6.45) is 0.295. The first-order valence-corrected chi connectivity index (χ1v) is 10.7. The van der Waals surface area contributed by atoms with E-state index in [-0.39, 0.29) is 23.1 Å². The molecule has 0 saturated carbocycles. The van der Waals surface area contributed by atoms with Crippen LogP contribution in [0.5, 0.6) is 11.5 Å². The molecule has 0 spiro atoms. The van der Waals surface area contributed by atoms with Gasteiger partial charge in [-0.25, -0.2) is 8.78 Å². The van der Waals surface area contributed by atoms with Crippen molar-refractivity contribution in [2.75, 3.05) is 4.72 Å². The van der Waals surface area contributed by atoms with E-state index in [0.29, 0.717) is 32.1 Å². The second kappa shape index (κ2) is 8.05. The Hall–Kier alpha value is -1.96. The highest BCUT2D eigenvalue weighted by molar-refractivity contribution is 9.10. The molecule has 150 valence electrons. The molecule has 8 heteroatoms. The van der Waals surface area contributed by atoms with Gasteiger partial charge in [0.25, 0.3) is 0 Å². The van der Waals surface area contributed by atoms with Crippen molar-refractivity contribution in [2.45, 2.75) is 24.3 Å². The van der Waals surface area contributed by atoms with Crippen LogP contribution in [-0.4, -0.2) is 11.2 Å². The zero-order valence-electron chi connectivity index (χ0n) is 15.1. The number of aromatic hydroxyl groups is 1. The second-order valence-electron chi connectivity index (χ2n) is 6.71. The van der Waals surface area contributed by atoms with Gasteiger partial charge in [-0.3, -0.25) is 0 Å². The van der Waals surface area contributed by atoms with Crippen molar-refractivity contribution >= 4 is 45.2 Å². The Bertz CT molecular complexity index is 1110. The Kier molecular flexibility index (Phi) is 5.64. The number of rotatable bonds is 0. The van der Waals surface area contributed by atoms with E-state index in [4.69, 9.17) is 16.3 Å². The number of benzene rings is 3. The quantitative estimate of drug-likeness (QED) is 0.322. The van der Waals surface area contributed by atoms with E-state index in [1.165, 1.54) is 6.07 Å². The summed E-state index contributed by atoms with van der Waals surface area (Å²) in [4.78, 5) is 0.506. The van der Waals surface area contributed by atoms with Gasteiger partial charge < -0.3 is 14.6 Å². The topological polar surface area (TPSA) is 41.5 Å². The minimum absolute atomic E-state index is 0.0347. The summed E-state index contributed by atoms with van der Waals surface area (Å²) in [5.74, 6) is -0.990. The van der Waals surface area contributed by atoms with E-state index < -0.39 is 11.6 Å².